The van der Waals surface area contributed by atoms with Gasteiger partial charge in [0.1, 0.15) is 17.9 Å². The molecule has 0 saturated carbocycles. The molecule has 3 N–H and O–H groups in total. The molecule has 2 aromatic heterocycles. The fourth-order valence-electron chi connectivity index (χ4n) is 4.17. The number of carbonyl (C=O) groups is 3. The number of benzene rings is 2. The van der Waals surface area contributed by atoms with Gasteiger partial charge in [0.25, 0.3) is 5.91 Å². The minimum absolute atomic E-state index is 0.359. The Morgan fingerprint density at radius 1 is 1.18 bits per heavy atom. The van der Waals surface area contributed by atoms with Crippen molar-refractivity contribution in [2.45, 2.75) is 19.4 Å². The van der Waals surface area contributed by atoms with Crippen LogP contribution in [-0.2, 0) is 15.1 Å². The van der Waals surface area contributed by atoms with Crippen LogP contribution in [-0.4, -0.2) is 39.3 Å². The van der Waals surface area contributed by atoms with Gasteiger partial charge >= 0.3 is 6.03 Å². The second-order valence-electron chi connectivity index (χ2n) is 8.21. The number of fused-ring (bicyclic) bond motifs is 1. The second kappa shape index (κ2) is 8.07. The summed E-state index contributed by atoms with van der Waals surface area (Å²) in [5.41, 5.74) is 2.67. The normalized spacial score (nSPS) is 17.9. The molecule has 5 rings (SSSR count). The van der Waals surface area contributed by atoms with E-state index in [0.29, 0.717) is 16.4 Å². The number of imide groups is 1. The maximum Gasteiger partial charge on any atom is 0.325 e. The van der Waals surface area contributed by atoms with E-state index in [0.717, 1.165) is 27.1 Å². The summed E-state index contributed by atoms with van der Waals surface area (Å²) in [6.07, 6.45) is 0. The molecule has 0 aliphatic carbocycles. The number of hydrogen-bond donors (Lipinski definition) is 3. The zero-order valence-corrected chi connectivity index (χ0v) is 19.1. The number of urea groups is 1. The number of anilines is 1. The SMILES string of the molecule is Cc1[nH]c2ccccc2c1-c1csc(NC(=O)CN2C(=O)NC(C)(c3ccc(F)cc3)C2=O)n1. The van der Waals surface area contributed by atoms with Gasteiger partial charge in [-0.3, -0.25) is 14.5 Å². The molecular formula is C24H20FN5O3S. The Bertz CT molecular complexity index is 1440. The third kappa shape index (κ3) is 3.61. The summed E-state index contributed by atoms with van der Waals surface area (Å²) in [4.78, 5) is 46.8. The molecular weight excluding hydrogens is 457 g/mol. The van der Waals surface area contributed by atoms with E-state index in [1.54, 1.807) is 0 Å². The zero-order valence-electron chi connectivity index (χ0n) is 18.3. The standard InChI is InChI=1S/C24H20FN5O3S/c1-13-20(16-5-3-4-6-17(16)26-13)18-12-34-22(27-18)28-19(31)11-30-21(32)24(2,29-23(30)33)14-7-9-15(25)10-8-14/h3-10,12,26H,11H2,1-2H3,(H,29,33)(H,27,28,31). The summed E-state index contributed by atoms with van der Waals surface area (Å²) in [6.45, 7) is 3.01. The Balaban J connectivity index is 1.31. The largest absolute Gasteiger partial charge is 0.358 e. The lowest BCUT2D eigenvalue weighted by atomic mass is 9.92. The van der Waals surface area contributed by atoms with Crippen molar-refractivity contribution in [2.75, 3.05) is 11.9 Å². The molecule has 4 aromatic rings. The first-order valence-corrected chi connectivity index (χ1v) is 11.4. The number of halogens is 1. The zero-order chi connectivity index (χ0) is 24.0. The Hall–Kier alpha value is -4.05. The summed E-state index contributed by atoms with van der Waals surface area (Å²) in [6, 6.07) is 12.5. The Labute approximate surface area is 197 Å². The second-order valence-corrected chi connectivity index (χ2v) is 9.07. The van der Waals surface area contributed by atoms with Gasteiger partial charge in [0, 0.05) is 27.5 Å². The van der Waals surface area contributed by atoms with Crippen molar-refractivity contribution in [2.24, 2.45) is 0 Å². The van der Waals surface area contributed by atoms with E-state index in [2.05, 4.69) is 20.6 Å². The van der Waals surface area contributed by atoms with E-state index in [1.165, 1.54) is 42.5 Å². The summed E-state index contributed by atoms with van der Waals surface area (Å²) < 4.78 is 13.3. The van der Waals surface area contributed by atoms with E-state index in [9.17, 15) is 18.8 Å². The first kappa shape index (κ1) is 21.8. The highest BCUT2D eigenvalue weighted by atomic mass is 32.1. The number of aromatic nitrogens is 2. The maximum absolute atomic E-state index is 13.3. The van der Waals surface area contributed by atoms with Gasteiger partial charge in [-0.15, -0.1) is 11.3 Å². The number of carbonyl (C=O) groups excluding carboxylic acids is 3. The number of hydrogen-bond acceptors (Lipinski definition) is 5. The number of aryl methyl sites for hydroxylation is 1. The molecule has 4 amide bonds. The molecule has 172 valence electrons. The van der Waals surface area contributed by atoms with Gasteiger partial charge in [-0.05, 0) is 37.6 Å². The Morgan fingerprint density at radius 3 is 2.68 bits per heavy atom. The van der Waals surface area contributed by atoms with Crippen LogP contribution in [0.15, 0.2) is 53.9 Å². The van der Waals surface area contributed by atoms with Crippen molar-refractivity contribution in [1.82, 2.24) is 20.2 Å². The highest BCUT2D eigenvalue weighted by molar-refractivity contribution is 7.14. The number of nitrogens with zero attached hydrogens (tertiary/aromatic N) is 2. The molecule has 34 heavy (non-hydrogen) atoms. The molecule has 1 saturated heterocycles. The molecule has 1 unspecified atom stereocenters. The number of amides is 4. The molecule has 0 bridgehead atoms. The number of H-pyrrole nitrogens is 1. The predicted molar refractivity (Wildman–Crippen MR) is 127 cm³/mol. The third-order valence-electron chi connectivity index (χ3n) is 5.90. The molecule has 1 aliphatic rings. The minimum atomic E-state index is -1.38. The van der Waals surface area contributed by atoms with Gasteiger partial charge in [0.05, 0.1) is 5.69 Å². The van der Waals surface area contributed by atoms with Gasteiger partial charge in [0.15, 0.2) is 5.13 Å². The summed E-state index contributed by atoms with van der Waals surface area (Å²) >= 11 is 1.25. The summed E-state index contributed by atoms with van der Waals surface area (Å²) in [5.74, 6) is -1.59. The van der Waals surface area contributed by atoms with Crippen molar-refractivity contribution in [3.8, 4) is 11.3 Å². The monoisotopic (exact) mass is 477 g/mol. The minimum Gasteiger partial charge on any atom is -0.358 e. The lowest BCUT2D eigenvalue weighted by Crippen LogP contribution is -2.42. The van der Waals surface area contributed by atoms with Crippen molar-refractivity contribution in [3.05, 3.63) is 71.0 Å². The fourth-order valence-corrected chi connectivity index (χ4v) is 4.89. The lowest BCUT2D eigenvalue weighted by Gasteiger charge is -2.22. The topological polar surface area (TPSA) is 107 Å². The predicted octanol–water partition coefficient (Wildman–Crippen LogP) is 4.14. The van der Waals surface area contributed by atoms with Crippen LogP contribution >= 0.6 is 11.3 Å². The van der Waals surface area contributed by atoms with Crippen molar-refractivity contribution < 1.29 is 18.8 Å². The van der Waals surface area contributed by atoms with E-state index in [4.69, 9.17) is 0 Å². The van der Waals surface area contributed by atoms with Crippen LogP contribution in [0.25, 0.3) is 22.2 Å². The quantitative estimate of drug-likeness (QED) is 0.376. The molecule has 10 heteroatoms. The van der Waals surface area contributed by atoms with Gasteiger partial charge in [0.2, 0.25) is 5.91 Å². The van der Waals surface area contributed by atoms with Gasteiger partial charge in [-0.1, -0.05) is 30.3 Å². The van der Waals surface area contributed by atoms with Crippen LogP contribution in [0.4, 0.5) is 14.3 Å². The van der Waals surface area contributed by atoms with Crippen molar-refractivity contribution >= 4 is 45.2 Å². The van der Waals surface area contributed by atoms with E-state index >= 15 is 0 Å². The Kier molecular flexibility index (Phi) is 5.17. The highest BCUT2D eigenvalue weighted by Gasteiger charge is 2.49. The van der Waals surface area contributed by atoms with Crippen LogP contribution in [0.3, 0.4) is 0 Å². The lowest BCUT2D eigenvalue weighted by molar-refractivity contribution is -0.133. The van der Waals surface area contributed by atoms with Crippen LogP contribution in [0.1, 0.15) is 18.2 Å². The van der Waals surface area contributed by atoms with Crippen molar-refractivity contribution in [1.29, 1.82) is 0 Å². The van der Waals surface area contributed by atoms with Crippen LogP contribution < -0.4 is 10.6 Å². The van der Waals surface area contributed by atoms with Crippen LogP contribution in [0, 0.1) is 12.7 Å². The van der Waals surface area contributed by atoms with E-state index in [-0.39, 0.29) is 0 Å². The number of rotatable bonds is 5. The van der Waals surface area contributed by atoms with Crippen molar-refractivity contribution in [3.63, 3.8) is 0 Å². The molecule has 3 heterocycles. The molecule has 8 nitrogen and oxygen atoms in total. The first-order valence-electron chi connectivity index (χ1n) is 10.5. The first-order chi connectivity index (χ1) is 16.3. The van der Waals surface area contributed by atoms with E-state index in [1.807, 2.05) is 36.6 Å². The van der Waals surface area contributed by atoms with Gasteiger partial charge in [-0.25, -0.2) is 14.2 Å². The maximum atomic E-state index is 13.3. The average Bonchev–Trinajstić information content (AvgIpc) is 3.45. The molecule has 1 aliphatic heterocycles. The Morgan fingerprint density at radius 2 is 1.91 bits per heavy atom. The van der Waals surface area contributed by atoms with E-state index < -0.39 is 35.7 Å². The van der Waals surface area contributed by atoms with Gasteiger partial charge < -0.3 is 15.6 Å². The molecule has 2 aromatic carbocycles. The smallest absolute Gasteiger partial charge is 0.325 e. The number of nitrogens with one attached hydrogen (secondary N) is 3. The number of thiazole rings is 1. The number of para-hydroxylation sites is 1. The molecule has 0 radical (unpaired) electrons. The molecule has 1 atom stereocenters. The van der Waals surface area contributed by atoms with Crippen LogP contribution in [0.2, 0.25) is 0 Å². The van der Waals surface area contributed by atoms with Gasteiger partial charge in [-0.2, -0.15) is 0 Å². The third-order valence-corrected chi connectivity index (χ3v) is 6.66. The molecule has 1 fully saturated rings. The highest BCUT2D eigenvalue weighted by Crippen LogP contribution is 2.34. The summed E-state index contributed by atoms with van der Waals surface area (Å²) in [7, 11) is 0. The fraction of sp³-hybridized carbons (Fsp3) is 0.167. The number of aromatic amines is 1. The average molecular weight is 478 g/mol. The molecule has 0 spiro atoms. The summed E-state index contributed by atoms with van der Waals surface area (Å²) in [5, 5.41) is 8.50. The van der Waals surface area contributed by atoms with Crippen LogP contribution in [0.5, 0.6) is 0 Å².